The minimum atomic E-state index is -0.298. The normalized spacial score (nSPS) is 30.0. The van der Waals surface area contributed by atoms with Gasteiger partial charge < -0.3 is 20.8 Å². The van der Waals surface area contributed by atoms with E-state index in [-0.39, 0.29) is 13.1 Å². The monoisotopic (exact) mass is 330 g/mol. The second-order valence-electron chi connectivity index (χ2n) is 7.04. The Morgan fingerprint density at radius 1 is 1.50 bits per heavy atom. The number of ether oxygens (including phenoxy) is 1. The zero-order valence-electron chi connectivity index (χ0n) is 14.6. The van der Waals surface area contributed by atoms with E-state index in [4.69, 9.17) is 16.3 Å². The lowest BCUT2D eigenvalue weighted by molar-refractivity contribution is -0.0950. The topological polar surface area (TPSA) is 76.5 Å². The highest BCUT2D eigenvalue weighted by atomic mass is 16.5. The second-order valence-corrected chi connectivity index (χ2v) is 7.04. The van der Waals surface area contributed by atoms with Crippen molar-refractivity contribution in [1.82, 2.24) is 10.3 Å². The summed E-state index contributed by atoms with van der Waals surface area (Å²) in [5.74, 6) is 5.73. The first-order chi connectivity index (χ1) is 11.4. The Labute approximate surface area is 145 Å². The number of fused-ring (bicyclic) bond motifs is 2. The van der Waals surface area contributed by atoms with Gasteiger partial charge in [-0.1, -0.05) is 24.8 Å². The van der Waals surface area contributed by atoms with Gasteiger partial charge in [0, 0.05) is 32.8 Å². The smallest absolute Gasteiger partial charge is 0.0967 e. The minimum absolute atomic E-state index is 0. The summed E-state index contributed by atoms with van der Waals surface area (Å²) in [4.78, 5) is 0. The number of nitrogens with two attached hydrogens (primary N) is 2. The predicted molar refractivity (Wildman–Crippen MR) is 99.8 cm³/mol. The molecule has 1 aromatic carbocycles. The Hall–Kier alpha value is -1.82. The number of nitrogens with zero attached hydrogens (tertiary/aromatic N) is 1. The summed E-state index contributed by atoms with van der Waals surface area (Å²) in [7, 11) is 1.78. The second kappa shape index (κ2) is 6.59. The van der Waals surface area contributed by atoms with E-state index in [1.165, 1.54) is 16.1 Å². The van der Waals surface area contributed by atoms with Crippen molar-refractivity contribution < 1.29 is 6.16 Å². The average Bonchev–Trinajstić information content (AvgIpc) is 2.53. The molecule has 24 heavy (non-hydrogen) atoms. The van der Waals surface area contributed by atoms with Gasteiger partial charge in [-0.3, -0.25) is 0 Å². The van der Waals surface area contributed by atoms with Crippen LogP contribution in [0.15, 0.2) is 36.7 Å². The molecule has 5 nitrogen and oxygen atoms in total. The van der Waals surface area contributed by atoms with Crippen LogP contribution in [0.25, 0.3) is 6.08 Å². The summed E-state index contributed by atoms with van der Waals surface area (Å²) in [6.07, 6.45) is 6.36. The highest BCUT2D eigenvalue weighted by Gasteiger charge is 2.45. The van der Waals surface area contributed by atoms with Gasteiger partial charge >= 0.3 is 0 Å². The van der Waals surface area contributed by atoms with Gasteiger partial charge in [0.1, 0.15) is 0 Å². The summed E-state index contributed by atoms with van der Waals surface area (Å²) in [5.41, 5.74) is 10.5. The number of hydrazine groups is 1. The third-order valence-corrected chi connectivity index (χ3v) is 5.02. The molecule has 1 aromatic rings. The zero-order valence-corrected chi connectivity index (χ0v) is 14.6. The van der Waals surface area contributed by atoms with E-state index in [0.29, 0.717) is 6.04 Å². The molecule has 3 atom stereocenters. The summed E-state index contributed by atoms with van der Waals surface area (Å²) in [6, 6.07) is 6.91. The van der Waals surface area contributed by atoms with Crippen molar-refractivity contribution in [2.24, 2.45) is 11.6 Å². The first-order valence-corrected chi connectivity index (χ1v) is 8.54. The van der Waals surface area contributed by atoms with Crippen molar-refractivity contribution >= 4 is 6.08 Å². The first kappa shape index (κ1) is 17.0. The SMILES string of the molecule is C=Cc1ccc2c(c1)[C@]1(C[C@@H](/C(N)=C/N(C)N)N[C@@H](C)C1)OCC2.[HH]. The lowest BCUT2D eigenvalue weighted by atomic mass is 9.74. The fourth-order valence-corrected chi connectivity index (χ4v) is 4.04. The van der Waals surface area contributed by atoms with E-state index in [0.717, 1.165) is 37.1 Å². The van der Waals surface area contributed by atoms with Crippen LogP contribution < -0.4 is 16.9 Å². The molecule has 5 N–H and O–H groups in total. The predicted octanol–water partition coefficient (Wildman–Crippen LogP) is 2.09. The van der Waals surface area contributed by atoms with Crippen molar-refractivity contribution in [3.8, 4) is 0 Å². The van der Waals surface area contributed by atoms with E-state index < -0.39 is 0 Å². The lowest BCUT2D eigenvalue weighted by Crippen LogP contribution is -2.55. The third kappa shape index (κ3) is 3.20. The molecule has 0 unspecified atom stereocenters. The molecular formula is C19H30N4O. The Kier molecular flexibility index (Phi) is 4.67. The van der Waals surface area contributed by atoms with Crippen molar-refractivity contribution in [2.45, 2.75) is 43.9 Å². The molecule has 2 aliphatic heterocycles. The highest BCUT2D eigenvalue weighted by molar-refractivity contribution is 5.52. The summed E-state index contributed by atoms with van der Waals surface area (Å²) >= 11 is 0. The van der Waals surface area contributed by atoms with E-state index in [2.05, 4.69) is 37.0 Å². The number of hydrogen-bond acceptors (Lipinski definition) is 5. The molecule has 0 amide bonds. The molecule has 0 saturated carbocycles. The first-order valence-electron chi connectivity index (χ1n) is 8.54. The zero-order chi connectivity index (χ0) is 17.3. The molecule has 5 heteroatoms. The third-order valence-electron chi connectivity index (χ3n) is 5.02. The molecule has 0 bridgehead atoms. The largest absolute Gasteiger partial charge is 0.400 e. The van der Waals surface area contributed by atoms with Crippen molar-refractivity contribution in [1.29, 1.82) is 0 Å². The average molecular weight is 330 g/mol. The number of hydrogen-bond donors (Lipinski definition) is 3. The van der Waals surface area contributed by atoms with Gasteiger partial charge in [-0.15, -0.1) is 0 Å². The van der Waals surface area contributed by atoms with Crippen LogP contribution in [0.3, 0.4) is 0 Å². The maximum Gasteiger partial charge on any atom is 0.0967 e. The molecule has 1 saturated heterocycles. The minimum Gasteiger partial charge on any atom is -0.400 e. The molecule has 2 aliphatic rings. The van der Waals surface area contributed by atoms with Crippen molar-refractivity contribution in [2.75, 3.05) is 13.7 Å². The number of nitrogens with one attached hydrogen (secondary N) is 1. The van der Waals surface area contributed by atoms with Crippen LogP contribution in [-0.4, -0.2) is 30.7 Å². The van der Waals surface area contributed by atoms with E-state index in [1.54, 1.807) is 13.2 Å². The van der Waals surface area contributed by atoms with Crippen LogP contribution >= 0.6 is 0 Å². The van der Waals surface area contributed by atoms with Crippen LogP contribution in [0.4, 0.5) is 0 Å². The summed E-state index contributed by atoms with van der Waals surface area (Å²) < 4.78 is 6.39. The highest BCUT2D eigenvalue weighted by Crippen LogP contribution is 2.44. The number of piperidine rings is 1. The van der Waals surface area contributed by atoms with Gasteiger partial charge in [0.15, 0.2) is 0 Å². The molecule has 1 fully saturated rings. The van der Waals surface area contributed by atoms with Crippen molar-refractivity contribution in [3.63, 3.8) is 0 Å². The van der Waals surface area contributed by atoms with Crippen LogP contribution in [0.1, 0.15) is 37.9 Å². The molecular weight excluding hydrogens is 300 g/mol. The van der Waals surface area contributed by atoms with E-state index in [1.807, 2.05) is 6.08 Å². The Bertz CT molecular complexity index is 661. The van der Waals surface area contributed by atoms with Gasteiger partial charge in [0.25, 0.3) is 0 Å². The van der Waals surface area contributed by atoms with E-state index >= 15 is 0 Å². The molecule has 0 aliphatic carbocycles. The molecule has 1 spiro atoms. The maximum atomic E-state index is 6.39. The summed E-state index contributed by atoms with van der Waals surface area (Å²) in [6.45, 7) is 6.84. The quantitative estimate of drug-likeness (QED) is 0.584. The van der Waals surface area contributed by atoms with Crippen LogP contribution in [-0.2, 0) is 16.8 Å². The lowest BCUT2D eigenvalue weighted by Gasteiger charge is -2.47. The number of rotatable bonds is 3. The molecule has 0 aromatic heterocycles. The standard InChI is InChI=1S/C19H28N4O.H2/c1-4-14-5-6-15-7-8-24-19(16(15)9-14)10-13(2)22-18(11-19)17(20)12-23(3)21;/h4-6,9,12-13,18,22H,1,7-8,10-11,20-21H2,2-3H3;1H/b17-12-;/t13-,18-,19-;/m0./s1. The van der Waals surface area contributed by atoms with Crippen molar-refractivity contribution in [3.05, 3.63) is 53.4 Å². The van der Waals surface area contributed by atoms with Gasteiger partial charge in [-0.25, -0.2) is 5.84 Å². The summed E-state index contributed by atoms with van der Waals surface area (Å²) in [5, 5.41) is 5.07. The molecule has 2 heterocycles. The van der Waals surface area contributed by atoms with Crippen LogP contribution in [0.2, 0.25) is 0 Å². The Morgan fingerprint density at radius 3 is 3.00 bits per heavy atom. The fraction of sp³-hybridized carbons (Fsp3) is 0.474. The van der Waals surface area contributed by atoms with Gasteiger partial charge in [0.05, 0.1) is 18.2 Å². The maximum absolute atomic E-state index is 6.39. The van der Waals surface area contributed by atoms with E-state index in [9.17, 15) is 0 Å². The molecule has 0 radical (unpaired) electrons. The Balaban J connectivity index is 0.00000225. The van der Waals surface area contributed by atoms with Gasteiger partial charge in [-0.2, -0.15) is 0 Å². The Morgan fingerprint density at radius 2 is 2.29 bits per heavy atom. The fourth-order valence-electron chi connectivity index (χ4n) is 4.04. The van der Waals surface area contributed by atoms with Crippen LogP contribution in [0, 0.1) is 0 Å². The van der Waals surface area contributed by atoms with Crippen LogP contribution in [0.5, 0.6) is 0 Å². The van der Waals surface area contributed by atoms with Gasteiger partial charge in [-0.05, 0) is 42.5 Å². The molecule has 132 valence electrons. The molecule has 3 rings (SSSR count). The number of benzene rings is 1. The van der Waals surface area contributed by atoms with Gasteiger partial charge in [0.2, 0.25) is 0 Å².